The van der Waals surface area contributed by atoms with E-state index in [1.807, 2.05) is 11.0 Å². The zero-order valence-electron chi connectivity index (χ0n) is 11.2. The maximum absolute atomic E-state index is 9.01. The standard InChI is InChI=1S/C15H20N4/c1-11-8-19(10-16)9-13(11)15-7-14(17-18-15)12-5-3-2-4-6-12/h2-6,11,13-15,17-18H,7-9H2,1H3/t11-,13-,14?,15?/m1/s1. The predicted molar refractivity (Wildman–Crippen MR) is 73.7 cm³/mol. The number of benzene rings is 1. The molecule has 2 N–H and O–H groups in total. The van der Waals surface area contributed by atoms with E-state index in [9.17, 15) is 0 Å². The van der Waals surface area contributed by atoms with Gasteiger partial charge in [-0.2, -0.15) is 5.26 Å². The molecule has 1 aromatic rings. The van der Waals surface area contributed by atoms with Gasteiger partial charge in [0.05, 0.1) is 0 Å². The Morgan fingerprint density at radius 1 is 1.21 bits per heavy atom. The van der Waals surface area contributed by atoms with Crippen LogP contribution in [0.25, 0.3) is 0 Å². The van der Waals surface area contributed by atoms with E-state index in [4.69, 9.17) is 5.26 Å². The molecule has 0 saturated carbocycles. The van der Waals surface area contributed by atoms with Gasteiger partial charge in [0.1, 0.15) is 0 Å². The molecular weight excluding hydrogens is 236 g/mol. The molecule has 4 atom stereocenters. The maximum atomic E-state index is 9.01. The van der Waals surface area contributed by atoms with Crippen LogP contribution in [0, 0.1) is 23.3 Å². The molecule has 0 aliphatic carbocycles. The number of likely N-dealkylation sites (tertiary alicyclic amines) is 1. The van der Waals surface area contributed by atoms with Gasteiger partial charge in [-0.3, -0.25) is 10.9 Å². The summed E-state index contributed by atoms with van der Waals surface area (Å²) in [5.74, 6) is 1.13. The van der Waals surface area contributed by atoms with Gasteiger partial charge in [-0.25, -0.2) is 0 Å². The second-order valence-corrected chi connectivity index (χ2v) is 5.74. The Morgan fingerprint density at radius 3 is 2.68 bits per heavy atom. The first-order chi connectivity index (χ1) is 9.28. The van der Waals surface area contributed by atoms with E-state index in [1.165, 1.54) is 5.56 Å². The van der Waals surface area contributed by atoms with Crippen LogP contribution < -0.4 is 10.9 Å². The normalized spacial score (nSPS) is 34.4. The molecule has 0 bridgehead atoms. The molecular formula is C15H20N4. The minimum absolute atomic E-state index is 0.384. The molecule has 0 radical (unpaired) electrons. The van der Waals surface area contributed by atoms with Gasteiger partial charge in [0.15, 0.2) is 6.19 Å². The van der Waals surface area contributed by atoms with Crippen molar-refractivity contribution in [2.45, 2.75) is 25.4 Å². The van der Waals surface area contributed by atoms with Crippen LogP contribution in [-0.4, -0.2) is 24.0 Å². The fourth-order valence-electron chi connectivity index (χ4n) is 3.36. The second kappa shape index (κ2) is 5.20. The molecule has 19 heavy (non-hydrogen) atoms. The number of hydrogen-bond donors (Lipinski definition) is 2. The highest BCUT2D eigenvalue weighted by atomic mass is 15.4. The van der Waals surface area contributed by atoms with Crippen molar-refractivity contribution in [3.05, 3.63) is 35.9 Å². The van der Waals surface area contributed by atoms with E-state index in [1.54, 1.807) is 0 Å². The molecule has 2 saturated heterocycles. The van der Waals surface area contributed by atoms with Gasteiger partial charge in [-0.05, 0) is 23.8 Å². The zero-order valence-corrected chi connectivity index (χ0v) is 11.2. The topological polar surface area (TPSA) is 51.1 Å². The molecule has 4 heteroatoms. The first kappa shape index (κ1) is 12.5. The van der Waals surface area contributed by atoms with Crippen LogP contribution in [0.3, 0.4) is 0 Å². The first-order valence-corrected chi connectivity index (χ1v) is 6.98. The lowest BCUT2D eigenvalue weighted by molar-refractivity contribution is 0.330. The zero-order chi connectivity index (χ0) is 13.2. The van der Waals surface area contributed by atoms with Gasteiger partial charge < -0.3 is 4.90 Å². The lowest BCUT2D eigenvalue weighted by Crippen LogP contribution is -2.38. The molecule has 0 aromatic heterocycles. The average molecular weight is 256 g/mol. The van der Waals surface area contributed by atoms with Crippen molar-refractivity contribution in [3.63, 3.8) is 0 Å². The van der Waals surface area contributed by atoms with Crippen LogP contribution in [0.1, 0.15) is 24.9 Å². The Hall–Kier alpha value is -1.57. The summed E-state index contributed by atoms with van der Waals surface area (Å²) in [7, 11) is 0. The largest absolute Gasteiger partial charge is 0.310 e. The van der Waals surface area contributed by atoms with Crippen molar-refractivity contribution in [3.8, 4) is 6.19 Å². The monoisotopic (exact) mass is 256 g/mol. The number of nitrogens with one attached hydrogen (secondary N) is 2. The van der Waals surface area contributed by atoms with Gasteiger partial charge in [0, 0.05) is 25.2 Å². The highest BCUT2D eigenvalue weighted by molar-refractivity contribution is 5.20. The summed E-state index contributed by atoms with van der Waals surface area (Å²) in [6.45, 7) is 4.04. The van der Waals surface area contributed by atoms with E-state index >= 15 is 0 Å². The van der Waals surface area contributed by atoms with Gasteiger partial charge in [0.25, 0.3) is 0 Å². The Bertz CT molecular complexity index is 467. The van der Waals surface area contributed by atoms with Gasteiger partial charge in [-0.15, -0.1) is 0 Å². The highest BCUT2D eigenvalue weighted by Gasteiger charge is 2.38. The Morgan fingerprint density at radius 2 is 2.00 bits per heavy atom. The molecule has 4 nitrogen and oxygen atoms in total. The molecule has 2 aliphatic rings. The van der Waals surface area contributed by atoms with E-state index in [0.717, 1.165) is 19.5 Å². The summed E-state index contributed by atoms with van der Waals surface area (Å²) in [5.41, 5.74) is 8.17. The maximum Gasteiger partial charge on any atom is 0.179 e. The third kappa shape index (κ3) is 2.44. The first-order valence-electron chi connectivity index (χ1n) is 6.98. The fraction of sp³-hybridized carbons (Fsp3) is 0.533. The summed E-state index contributed by atoms with van der Waals surface area (Å²) >= 11 is 0. The van der Waals surface area contributed by atoms with Crippen molar-refractivity contribution in [1.82, 2.24) is 15.8 Å². The van der Waals surface area contributed by atoms with Crippen LogP contribution in [0.2, 0.25) is 0 Å². The summed E-state index contributed by atoms with van der Waals surface area (Å²) in [6, 6.07) is 11.4. The summed E-state index contributed by atoms with van der Waals surface area (Å²) in [6.07, 6.45) is 3.37. The molecule has 2 aliphatic heterocycles. The van der Waals surface area contributed by atoms with Crippen molar-refractivity contribution in [1.29, 1.82) is 5.26 Å². The Kier molecular flexibility index (Phi) is 3.41. The average Bonchev–Trinajstić information content (AvgIpc) is 3.06. The van der Waals surface area contributed by atoms with Crippen LogP contribution in [0.5, 0.6) is 0 Å². The predicted octanol–water partition coefficient (Wildman–Crippen LogP) is 1.64. The van der Waals surface area contributed by atoms with Crippen LogP contribution in [0.15, 0.2) is 30.3 Å². The summed E-state index contributed by atoms with van der Waals surface area (Å²) in [4.78, 5) is 1.88. The molecule has 2 heterocycles. The van der Waals surface area contributed by atoms with Crippen LogP contribution >= 0.6 is 0 Å². The number of nitrogens with zero attached hydrogens (tertiary/aromatic N) is 2. The number of hydrogen-bond acceptors (Lipinski definition) is 4. The lowest BCUT2D eigenvalue weighted by Gasteiger charge is -2.20. The lowest BCUT2D eigenvalue weighted by atomic mass is 9.87. The third-order valence-electron chi connectivity index (χ3n) is 4.46. The molecule has 2 fully saturated rings. The molecule has 3 rings (SSSR count). The van der Waals surface area contributed by atoms with E-state index in [0.29, 0.717) is 23.9 Å². The van der Waals surface area contributed by atoms with E-state index in [2.05, 4.69) is 48.2 Å². The molecule has 1 aromatic carbocycles. The van der Waals surface area contributed by atoms with Gasteiger partial charge in [-0.1, -0.05) is 37.3 Å². The van der Waals surface area contributed by atoms with Gasteiger partial charge in [0.2, 0.25) is 0 Å². The summed E-state index contributed by atoms with van der Waals surface area (Å²) < 4.78 is 0. The van der Waals surface area contributed by atoms with Crippen LogP contribution in [-0.2, 0) is 0 Å². The van der Waals surface area contributed by atoms with Gasteiger partial charge >= 0.3 is 0 Å². The SMILES string of the molecule is C[C@@H]1CN(C#N)C[C@H]1C1CC(c2ccccc2)NN1. The highest BCUT2D eigenvalue weighted by Crippen LogP contribution is 2.32. The Labute approximate surface area is 114 Å². The molecule has 2 unspecified atom stereocenters. The van der Waals surface area contributed by atoms with Crippen molar-refractivity contribution >= 4 is 0 Å². The van der Waals surface area contributed by atoms with Crippen molar-refractivity contribution in [2.24, 2.45) is 11.8 Å². The second-order valence-electron chi connectivity index (χ2n) is 5.74. The third-order valence-corrected chi connectivity index (χ3v) is 4.46. The quantitative estimate of drug-likeness (QED) is 0.790. The number of hydrazine groups is 1. The fourth-order valence-corrected chi connectivity index (χ4v) is 3.36. The number of rotatable bonds is 2. The van der Waals surface area contributed by atoms with Crippen molar-refractivity contribution in [2.75, 3.05) is 13.1 Å². The molecule has 100 valence electrons. The van der Waals surface area contributed by atoms with E-state index < -0.39 is 0 Å². The summed E-state index contributed by atoms with van der Waals surface area (Å²) in [5, 5.41) is 9.01. The van der Waals surface area contributed by atoms with E-state index in [-0.39, 0.29) is 0 Å². The van der Waals surface area contributed by atoms with Crippen LogP contribution in [0.4, 0.5) is 0 Å². The molecule has 0 amide bonds. The number of nitriles is 1. The Balaban J connectivity index is 1.65. The minimum Gasteiger partial charge on any atom is -0.310 e. The van der Waals surface area contributed by atoms with Crippen molar-refractivity contribution < 1.29 is 0 Å². The molecule has 0 spiro atoms. The minimum atomic E-state index is 0.384. The smallest absolute Gasteiger partial charge is 0.179 e.